The summed E-state index contributed by atoms with van der Waals surface area (Å²) in [5.41, 5.74) is 0.989. The summed E-state index contributed by atoms with van der Waals surface area (Å²) in [6, 6.07) is 8.40. The molecule has 2 aliphatic rings. The third kappa shape index (κ3) is 5.27. The molecule has 1 aliphatic heterocycles. The summed E-state index contributed by atoms with van der Waals surface area (Å²) >= 11 is 2.15. The van der Waals surface area contributed by atoms with Gasteiger partial charge >= 0.3 is 0 Å². The van der Waals surface area contributed by atoms with Gasteiger partial charge < -0.3 is 9.47 Å². The lowest BCUT2D eigenvalue weighted by atomic mass is 9.91. The van der Waals surface area contributed by atoms with Gasteiger partial charge in [0.05, 0.1) is 29.9 Å². The Hall–Kier alpha value is -1.26. The van der Waals surface area contributed by atoms with Crippen molar-refractivity contribution in [1.29, 1.82) is 0 Å². The molecule has 2 heterocycles. The first-order chi connectivity index (χ1) is 13.9. The van der Waals surface area contributed by atoms with Gasteiger partial charge in [-0.05, 0) is 72.0 Å². The normalized spacial score (nSPS) is 22.4. The van der Waals surface area contributed by atoms with Crippen LogP contribution in [0.1, 0.15) is 19.3 Å². The smallest absolute Gasteiger partial charge is 0.153 e. The highest BCUT2D eigenvalue weighted by molar-refractivity contribution is 14.1. The molecule has 2 fully saturated rings. The molecule has 2 atom stereocenters. The van der Waals surface area contributed by atoms with Gasteiger partial charge in [0.2, 0.25) is 0 Å². The average molecular weight is 531 g/mol. The second-order valence-electron chi connectivity index (χ2n) is 7.73. The number of pyridine rings is 1. The van der Waals surface area contributed by atoms with Crippen molar-refractivity contribution < 1.29 is 22.3 Å². The zero-order valence-corrected chi connectivity index (χ0v) is 18.9. The molecule has 1 saturated carbocycles. The van der Waals surface area contributed by atoms with Crippen LogP contribution in [0.4, 0.5) is 4.39 Å². The molecule has 1 unspecified atom stereocenters. The lowest BCUT2D eigenvalue weighted by molar-refractivity contribution is 0.00443. The van der Waals surface area contributed by atoms with E-state index in [9.17, 15) is 12.8 Å². The Morgan fingerprint density at radius 2 is 2.00 bits per heavy atom. The maximum atomic E-state index is 14.6. The molecule has 4 rings (SSSR count). The Kier molecular flexibility index (Phi) is 6.41. The predicted molar refractivity (Wildman–Crippen MR) is 117 cm³/mol. The molecule has 1 aromatic carbocycles. The van der Waals surface area contributed by atoms with Crippen LogP contribution in [0, 0.1) is 21.2 Å². The van der Waals surface area contributed by atoms with Crippen LogP contribution in [0.2, 0.25) is 0 Å². The molecule has 1 aliphatic carbocycles. The number of hydrogen-bond donors (Lipinski definition) is 0. The molecule has 1 saturated heterocycles. The van der Waals surface area contributed by atoms with Crippen molar-refractivity contribution in [3.8, 4) is 17.0 Å². The standard InChI is InChI=1S/C21H23FINO4S/c22-20-9-17(2-5-19(20)21-6-1-16(23)10-24-21)28-12-15-11-27-8-7-14(15)13-29(25,26)18-3-4-18/h1-2,5-6,9-10,14-15,18H,3-4,7-8,11-13H2/t14?,15-/m1/s1. The summed E-state index contributed by atoms with van der Waals surface area (Å²) in [5, 5.41) is -0.150. The molecule has 156 valence electrons. The molecule has 2 aromatic rings. The molecule has 0 amide bonds. The van der Waals surface area contributed by atoms with E-state index in [2.05, 4.69) is 27.6 Å². The van der Waals surface area contributed by atoms with E-state index >= 15 is 0 Å². The summed E-state index contributed by atoms with van der Waals surface area (Å²) in [6.45, 7) is 1.36. The number of nitrogens with zero attached hydrogens (tertiary/aromatic N) is 1. The molecular formula is C21H23FINO4S. The van der Waals surface area contributed by atoms with Gasteiger partial charge in [-0.3, -0.25) is 4.98 Å². The number of rotatable bonds is 7. The zero-order valence-electron chi connectivity index (χ0n) is 15.9. The van der Waals surface area contributed by atoms with Gasteiger partial charge in [0.15, 0.2) is 9.84 Å². The second-order valence-corrected chi connectivity index (χ2v) is 11.3. The molecule has 0 radical (unpaired) electrons. The first kappa shape index (κ1) is 21.0. The molecule has 5 nitrogen and oxygen atoms in total. The first-order valence-electron chi connectivity index (χ1n) is 9.76. The quantitative estimate of drug-likeness (QED) is 0.504. The molecule has 1 aromatic heterocycles. The highest BCUT2D eigenvalue weighted by Crippen LogP contribution is 2.33. The molecule has 0 spiro atoms. The second kappa shape index (κ2) is 8.85. The molecular weight excluding hydrogens is 508 g/mol. The van der Waals surface area contributed by atoms with Crippen LogP contribution >= 0.6 is 22.6 Å². The fourth-order valence-electron chi connectivity index (χ4n) is 3.64. The van der Waals surface area contributed by atoms with E-state index in [4.69, 9.17) is 9.47 Å². The highest BCUT2D eigenvalue weighted by atomic mass is 127. The van der Waals surface area contributed by atoms with E-state index in [1.807, 2.05) is 6.07 Å². The maximum absolute atomic E-state index is 14.6. The largest absolute Gasteiger partial charge is 0.493 e. The third-order valence-electron chi connectivity index (χ3n) is 5.52. The van der Waals surface area contributed by atoms with Crippen molar-refractivity contribution in [2.24, 2.45) is 11.8 Å². The van der Waals surface area contributed by atoms with Crippen LogP contribution in [-0.4, -0.2) is 44.2 Å². The fourth-order valence-corrected chi connectivity index (χ4v) is 6.12. The van der Waals surface area contributed by atoms with Crippen LogP contribution in [0.15, 0.2) is 36.5 Å². The number of benzene rings is 1. The summed E-state index contributed by atoms with van der Waals surface area (Å²) < 4.78 is 51.7. The van der Waals surface area contributed by atoms with Gasteiger partial charge in [-0.1, -0.05) is 0 Å². The van der Waals surface area contributed by atoms with Crippen molar-refractivity contribution in [2.75, 3.05) is 25.6 Å². The minimum Gasteiger partial charge on any atom is -0.493 e. The van der Waals surface area contributed by atoms with Gasteiger partial charge in [-0.25, -0.2) is 12.8 Å². The van der Waals surface area contributed by atoms with Crippen molar-refractivity contribution in [1.82, 2.24) is 4.98 Å². The van der Waals surface area contributed by atoms with Crippen LogP contribution in [-0.2, 0) is 14.6 Å². The Balaban J connectivity index is 1.40. The van der Waals surface area contributed by atoms with Crippen LogP contribution in [0.3, 0.4) is 0 Å². The zero-order chi connectivity index (χ0) is 20.4. The van der Waals surface area contributed by atoms with Crippen LogP contribution in [0.5, 0.6) is 5.75 Å². The Bertz CT molecular complexity index is 963. The van der Waals surface area contributed by atoms with E-state index in [0.717, 1.165) is 16.4 Å². The number of hydrogen-bond acceptors (Lipinski definition) is 5. The minimum atomic E-state index is -3.03. The monoisotopic (exact) mass is 531 g/mol. The van der Waals surface area contributed by atoms with Gasteiger partial charge in [0.1, 0.15) is 11.6 Å². The van der Waals surface area contributed by atoms with Gasteiger partial charge in [-0.15, -0.1) is 0 Å². The lowest BCUT2D eigenvalue weighted by Gasteiger charge is -2.31. The highest BCUT2D eigenvalue weighted by Gasteiger charge is 2.39. The minimum absolute atomic E-state index is 0.0159. The van der Waals surface area contributed by atoms with Crippen molar-refractivity contribution in [2.45, 2.75) is 24.5 Å². The maximum Gasteiger partial charge on any atom is 0.153 e. The SMILES string of the molecule is O=S(=O)(CC1CCOC[C@@H]1COc1ccc(-c2ccc(I)cn2)c(F)c1)C1CC1. The lowest BCUT2D eigenvalue weighted by Crippen LogP contribution is -2.36. The fraction of sp³-hybridized carbons (Fsp3) is 0.476. The van der Waals surface area contributed by atoms with E-state index in [1.54, 1.807) is 24.4 Å². The van der Waals surface area contributed by atoms with Gasteiger partial charge in [-0.2, -0.15) is 0 Å². The first-order valence-corrected chi connectivity index (χ1v) is 12.6. The van der Waals surface area contributed by atoms with E-state index in [-0.39, 0.29) is 22.8 Å². The Morgan fingerprint density at radius 3 is 2.69 bits per heavy atom. The Morgan fingerprint density at radius 1 is 1.17 bits per heavy atom. The van der Waals surface area contributed by atoms with E-state index in [0.29, 0.717) is 43.2 Å². The van der Waals surface area contributed by atoms with Crippen molar-refractivity contribution >= 4 is 32.4 Å². The Labute approximate surface area is 184 Å². The van der Waals surface area contributed by atoms with E-state index in [1.165, 1.54) is 6.07 Å². The van der Waals surface area contributed by atoms with Gasteiger partial charge in [0, 0.05) is 33.9 Å². The third-order valence-corrected chi connectivity index (χ3v) is 8.54. The molecule has 29 heavy (non-hydrogen) atoms. The topological polar surface area (TPSA) is 65.5 Å². The number of ether oxygens (including phenoxy) is 2. The van der Waals surface area contributed by atoms with Crippen molar-refractivity contribution in [3.05, 3.63) is 45.9 Å². The summed E-state index contributed by atoms with van der Waals surface area (Å²) in [7, 11) is -3.03. The molecule has 0 bridgehead atoms. The number of aromatic nitrogens is 1. The predicted octanol–water partition coefficient (Wildman–Crippen LogP) is 4.10. The molecule has 0 N–H and O–H groups in total. The van der Waals surface area contributed by atoms with Crippen LogP contribution < -0.4 is 4.74 Å². The van der Waals surface area contributed by atoms with Gasteiger partial charge in [0.25, 0.3) is 0 Å². The van der Waals surface area contributed by atoms with Crippen LogP contribution in [0.25, 0.3) is 11.3 Å². The molecule has 8 heteroatoms. The summed E-state index contributed by atoms with van der Waals surface area (Å²) in [6.07, 6.45) is 3.98. The van der Waals surface area contributed by atoms with Crippen molar-refractivity contribution in [3.63, 3.8) is 0 Å². The summed E-state index contributed by atoms with van der Waals surface area (Å²) in [5.74, 6) is 0.225. The number of halogens is 2. The van der Waals surface area contributed by atoms with E-state index < -0.39 is 15.7 Å². The average Bonchev–Trinajstić information content (AvgIpc) is 3.54. The number of sulfone groups is 1. The summed E-state index contributed by atoms with van der Waals surface area (Å²) in [4.78, 5) is 4.26.